The molecule has 2 unspecified atom stereocenters. The highest BCUT2D eigenvalue weighted by molar-refractivity contribution is 7.10. The van der Waals surface area contributed by atoms with Crippen molar-refractivity contribution in [3.8, 4) is 0 Å². The van der Waals surface area contributed by atoms with Gasteiger partial charge in [0.2, 0.25) is 0 Å². The van der Waals surface area contributed by atoms with E-state index in [9.17, 15) is 9.90 Å². The summed E-state index contributed by atoms with van der Waals surface area (Å²) in [5, 5.41) is 11.4. The largest absolute Gasteiger partial charge is 0.481 e. The third kappa shape index (κ3) is 2.29. The first-order valence-electron chi connectivity index (χ1n) is 5.97. The molecular weight excluding hydrogens is 220 g/mol. The normalized spacial score (nSPS) is 26.3. The molecule has 1 fully saturated rings. The van der Waals surface area contributed by atoms with Gasteiger partial charge < -0.3 is 5.11 Å². The van der Waals surface area contributed by atoms with E-state index in [1.54, 1.807) is 11.3 Å². The topological polar surface area (TPSA) is 37.3 Å². The zero-order valence-electron chi connectivity index (χ0n) is 9.61. The molecule has 88 valence electrons. The molecular formula is C13H18O2S. The minimum atomic E-state index is -0.611. The highest BCUT2D eigenvalue weighted by Crippen LogP contribution is 2.40. The molecule has 1 aromatic rings. The van der Waals surface area contributed by atoms with Gasteiger partial charge in [0.25, 0.3) is 0 Å². The molecule has 0 radical (unpaired) electrons. The average Bonchev–Trinajstić information content (AvgIpc) is 2.54. The number of carboxylic acid groups (broad SMARTS) is 1. The van der Waals surface area contributed by atoms with E-state index in [1.165, 1.54) is 23.3 Å². The van der Waals surface area contributed by atoms with Crippen LogP contribution in [-0.4, -0.2) is 11.1 Å². The minimum Gasteiger partial charge on any atom is -0.481 e. The quantitative estimate of drug-likeness (QED) is 0.796. The van der Waals surface area contributed by atoms with Crippen LogP contribution in [0.4, 0.5) is 0 Å². The van der Waals surface area contributed by atoms with Gasteiger partial charge in [0.15, 0.2) is 0 Å². The average molecular weight is 238 g/mol. The molecule has 1 aliphatic carbocycles. The van der Waals surface area contributed by atoms with Crippen LogP contribution in [0, 0.1) is 12.8 Å². The first-order chi connectivity index (χ1) is 7.70. The highest BCUT2D eigenvalue weighted by atomic mass is 32.1. The molecule has 0 spiro atoms. The van der Waals surface area contributed by atoms with Gasteiger partial charge in [-0.15, -0.1) is 11.3 Å². The van der Waals surface area contributed by atoms with Crippen LogP contribution >= 0.6 is 11.3 Å². The Bertz CT molecular complexity index is 370. The first-order valence-corrected chi connectivity index (χ1v) is 6.85. The summed E-state index contributed by atoms with van der Waals surface area (Å²) < 4.78 is 0. The Hall–Kier alpha value is -0.830. The van der Waals surface area contributed by atoms with Gasteiger partial charge in [0.1, 0.15) is 0 Å². The van der Waals surface area contributed by atoms with Crippen molar-refractivity contribution in [2.45, 2.75) is 44.9 Å². The molecule has 2 rings (SSSR count). The van der Waals surface area contributed by atoms with E-state index in [0.717, 1.165) is 19.3 Å². The molecule has 0 aliphatic heterocycles. The summed E-state index contributed by atoms with van der Waals surface area (Å²) in [7, 11) is 0. The minimum absolute atomic E-state index is 0.167. The van der Waals surface area contributed by atoms with Crippen LogP contribution in [0.15, 0.2) is 11.4 Å². The van der Waals surface area contributed by atoms with E-state index >= 15 is 0 Å². The molecule has 16 heavy (non-hydrogen) atoms. The lowest BCUT2D eigenvalue weighted by Crippen LogP contribution is -2.20. The third-order valence-corrected chi connectivity index (χ3v) is 4.72. The van der Waals surface area contributed by atoms with Crippen molar-refractivity contribution < 1.29 is 9.90 Å². The smallest absolute Gasteiger partial charge is 0.307 e. The van der Waals surface area contributed by atoms with E-state index in [2.05, 4.69) is 18.4 Å². The van der Waals surface area contributed by atoms with E-state index in [-0.39, 0.29) is 11.8 Å². The number of aryl methyl sites for hydroxylation is 1. The molecule has 2 nitrogen and oxygen atoms in total. The number of thiophene rings is 1. The van der Waals surface area contributed by atoms with Crippen LogP contribution in [0.5, 0.6) is 0 Å². The van der Waals surface area contributed by atoms with Gasteiger partial charge in [-0.1, -0.05) is 19.3 Å². The van der Waals surface area contributed by atoms with E-state index in [1.807, 2.05) is 0 Å². The maximum atomic E-state index is 11.3. The predicted molar refractivity (Wildman–Crippen MR) is 66.0 cm³/mol. The SMILES string of the molecule is Cc1ccsc1C1CCCCCC1C(=O)O. The fourth-order valence-corrected chi connectivity index (χ4v) is 3.81. The Kier molecular flexibility index (Phi) is 3.64. The summed E-state index contributed by atoms with van der Waals surface area (Å²) in [6.45, 7) is 2.09. The van der Waals surface area contributed by atoms with Crippen molar-refractivity contribution in [1.29, 1.82) is 0 Å². The van der Waals surface area contributed by atoms with Crippen molar-refractivity contribution in [3.05, 3.63) is 21.9 Å². The monoisotopic (exact) mass is 238 g/mol. The fraction of sp³-hybridized carbons (Fsp3) is 0.615. The van der Waals surface area contributed by atoms with Crippen LogP contribution in [0.3, 0.4) is 0 Å². The summed E-state index contributed by atoms with van der Waals surface area (Å²) >= 11 is 1.72. The van der Waals surface area contributed by atoms with Gasteiger partial charge in [-0.25, -0.2) is 0 Å². The van der Waals surface area contributed by atoms with Crippen molar-refractivity contribution in [1.82, 2.24) is 0 Å². The van der Waals surface area contributed by atoms with E-state index < -0.39 is 5.97 Å². The summed E-state index contributed by atoms with van der Waals surface area (Å²) in [6.07, 6.45) is 5.31. The van der Waals surface area contributed by atoms with E-state index in [0.29, 0.717) is 0 Å². The van der Waals surface area contributed by atoms with Crippen molar-refractivity contribution >= 4 is 17.3 Å². The van der Waals surface area contributed by atoms with Gasteiger partial charge in [-0.3, -0.25) is 4.79 Å². The summed E-state index contributed by atoms with van der Waals surface area (Å²) in [5.41, 5.74) is 1.27. The number of carboxylic acids is 1. The van der Waals surface area contributed by atoms with Crippen LogP contribution in [0.1, 0.15) is 48.5 Å². The second kappa shape index (κ2) is 5.00. The summed E-state index contributed by atoms with van der Waals surface area (Å²) in [5.74, 6) is -0.528. The number of rotatable bonds is 2. The molecule has 1 aliphatic rings. The lowest BCUT2D eigenvalue weighted by molar-refractivity contribution is -0.142. The summed E-state index contributed by atoms with van der Waals surface area (Å²) in [6, 6.07) is 2.10. The second-order valence-electron chi connectivity index (χ2n) is 4.66. The van der Waals surface area contributed by atoms with Gasteiger partial charge in [0, 0.05) is 10.8 Å². The van der Waals surface area contributed by atoms with Gasteiger partial charge in [-0.05, 0) is 36.8 Å². The lowest BCUT2D eigenvalue weighted by atomic mass is 9.85. The molecule has 2 atom stereocenters. The molecule has 1 N–H and O–H groups in total. The van der Waals surface area contributed by atoms with Crippen LogP contribution in [0.2, 0.25) is 0 Å². The highest BCUT2D eigenvalue weighted by Gasteiger charge is 2.31. The molecule has 0 aromatic carbocycles. The van der Waals surface area contributed by atoms with Crippen LogP contribution in [0.25, 0.3) is 0 Å². The molecule has 3 heteroatoms. The van der Waals surface area contributed by atoms with E-state index in [4.69, 9.17) is 0 Å². The Labute approximate surface area is 100 Å². The Morgan fingerprint density at radius 3 is 2.75 bits per heavy atom. The second-order valence-corrected chi connectivity index (χ2v) is 5.60. The number of aliphatic carboxylic acids is 1. The zero-order chi connectivity index (χ0) is 11.5. The third-order valence-electron chi connectivity index (χ3n) is 3.57. The van der Waals surface area contributed by atoms with Gasteiger partial charge in [-0.2, -0.15) is 0 Å². The fourth-order valence-electron chi connectivity index (χ4n) is 2.68. The van der Waals surface area contributed by atoms with Crippen LogP contribution in [-0.2, 0) is 4.79 Å². The van der Waals surface area contributed by atoms with Crippen molar-refractivity contribution in [2.24, 2.45) is 5.92 Å². The Balaban J connectivity index is 2.27. The van der Waals surface area contributed by atoms with Crippen molar-refractivity contribution in [2.75, 3.05) is 0 Å². The summed E-state index contributed by atoms with van der Waals surface area (Å²) in [4.78, 5) is 12.6. The Morgan fingerprint density at radius 2 is 2.12 bits per heavy atom. The lowest BCUT2D eigenvalue weighted by Gasteiger charge is -2.21. The van der Waals surface area contributed by atoms with Gasteiger partial charge >= 0.3 is 5.97 Å². The number of hydrogen-bond acceptors (Lipinski definition) is 2. The van der Waals surface area contributed by atoms with Crippen molar-refractivity contribution in [3.63, 3.8) is 0 Å². The molecule has 0 amide bonds. The van der Waals surface area contributed by atoms with Crippen LogP contribution < -0.4 is 0 Å². The molecule has 1 heterocycles. The molecule has 0 bridgehead atoms. The van der Waals surface area contributed by atoms with Gasteiger partial charge in [0.05, 0.1) is 5.92 Å². The molecule has 0 saturated heterocycles. The number of carbonyl (C=O) groups is 1. The molecule has 1 saturated carbocycles. The zero-order valence-corrected chi connectivity index (χ0v) is 10.4. The standard InChI is InChI=1S/C13H18O2S/c1-9-7-8-16-12(9)10-5-3-2-4-6-11(10)13(14)15/h7-8,10-11H,2-6H2,1H3,(H,14,15). The first kappa shape index (κ1) is 11.6. The predicted octanol–water partition coefficient (Wildman–Crippen LogP) is 3.81. The maximum Gasteiger partial charge on any atom is 0.307 e. The molecule has 1 aromatic heterocycles. The number of hydrogen-bond donors (Lipinski definition) is 1. The maximum absolute atomic E-state index is 11.3. The Morgan fingerprint density at radius 1 is 1.38 bits per heavy atom.